The summed E-state index contributed by atoms with van der Waals surface area (Å²) in [6.07, 6.45) is 3.77. The Labute approximate surface area is 113 Å². The minimum Gasteiger partial charge on any atom is -0.466 e. The zero-order chi connectivity index (χ0) is 13.8. The number of fused-ring (bicyclic) bond motifs is 1. The quantitative estimate of drug-likeness (QED) is 0.767. The molecule has 0 unspecified atom stereocenters. The van der Waals surface area contributed by atoms with Crippen LogP contribution in [0.15, 0.2) is 6.07 Å². The van der Waals surface area contributed by atoms with Crippen LogP contribution in [0.4, 0.5) is 0 Å². The third-order valence-electron chi connectivity index (χ3n) is 3.60. The van der Waals surface area contributed by atoms with E-state index >= 15 is 0 Å². The van der Waals surface area contributed by atoms with E-state index in [1.54, 1.807) is 0 Å². The zero-order valence-electron chi connectivity index (χ0n) is 11.7. The summed E-state index contributed by atoms with van der Waals surface area (Å²) >= 11 is 0. The molecule has 0 saturated heterocycles. The highest BCUT2D eigenvalue weighted by Gasteiger charge is 2.22. The molecule has 1 aliphatic rings. The SMILES string of the molecule is CCOC(=O)CCCn1c(C)cc2c1CCCC2=O. The molecule has 4 heteroatoms. The number of aryl methyl sites for hydroxylation is 1. The van der Waals surface area contributed by atoms with Crippen LogP contribution in [0.1, 0.15) is 54.4 Å². The van der Waals surface area contributed by atoms with E-state index in [0.29, 0.717) is 19.4 Å². The van der Waals surface area contributed by atoms with Crippen LogP contribution in [0.25, 0.3) is 0 Å². The van der Waals surface area contributed by atoms with Crippen molar-refractivity contribution in [2.45, 2.75) is 52.5 Å². The molecule has 0 amide bonds. The van der Waals surface area contributed by atoms with E-state index in [0.717, 1.165) is 42.8 Å². The lowest BCUT2D eigenvalue weighted by Crippen LogP contribution is -2.14. The van der Waals surface area contributed by atoms with Crippen molar-refractivity contribution in [3.63, 3.8) is 0 Å². The molecule has 0 atom stereocenters. The van der Waals surface area contributed by atoms with Gasteiger partial charge in [-0.15, -0.1) is 0 Å². The Bertz CT molecular complexity index is 488. The normalized spacial score (nSPS) is 14.3. The van der Waals surface area contributed by atoms with Crippen LogP contribution in [0.3, 0.4) is 0 Å². The van der Waals surface area contributed by atoms with Crippen molar-refractivity contribution in [1.29, 1.82) is 0 Å². The van der Waals surface area contributed by atoms with Gasteiger partial charge in [-0.2, -0.15) is 0 Å². The van der Waals surface area contributed by atoms with Crippen LogP contribution in [-0.2, 0) is 22.5 Å². The number of esters is 1. The summed E-state index contributed by atoms with van der Waals surface area (Å²) in [6, 6.07) is 1.99. The Morgan fingerprint density at radius 2 is 2.21 bits per heavy atom. The van der Waals surface area contributed by atoms with E-state index in [4.69, 9.17) is 4.74 Å². The molecule has 0 saturated carbocycles. The van der Waals surface area contributed by atoms with Gasteiger partial charge in [0.15, 0.2) is 5.78 Å². The number of nitrogens with zero attached hydrogens (tertiary/aromatic N) is 1. The number of hydrogen-bond donors (Lipinski definition) is 0. The summed E-state index contributed by atoms with van der Waals surface area (Å²) in [5, 5.41) is 0. The number of aromatic nitrogens is 1. The van der Waals surface area contributed by atoms with Crippen molar-refractivity contribution in [2.24, 2.45) is 0 Å². The van der Waals surface area contributed by atoms with Crippen LogP contribution >= 0.6 is 0 Å². The molecular formula is C15H21NO3. The average Bonchev–Trinajstić information content (AvgIpc) is 2.68. The number of hydrogen-bond acceptors (Lipinski definition) is 3. The first-order chi connectivity index (χ1) is 9.13. The second-order valence-electron chi connectivity index (χ2n) is 4.98. The molecule has 0 aromatic carbocycles. The maximum absolute atomic E-state index is 11.8. The lowest BCUT2D eigenvalue weighted by atomic mass is 9.96. The molecule has 0 radical (unpaired) electrons. The molecule has 1 heterocycles. The Morgan fingerprint density at radius 3 is 2.95 bits per heavy atom. The maximum atomic E-state index is 11.8. The smallest absolute Gasteiger partial charge is 0.305 e. The lowest BCUT2D eigenvalue weighted by Gasteiger charge is -2.15. The number of Topliss-reactive ketones (excluding diaryl/α,β-unsaturated/α-hetero) is 1. The van der Waals surface area contributed by atoms with Gasteiger partial charge in [-0.25, -0.2) is 0 Å². The number of ether oxygens (including phenoxy) is 1. The second-order valence-corrected chi connectivity index (χ2v) is 4.98. The van der Waals surface area contributed by atoms with Gasteiger partial charge < -0.3 is 9.30 Å². The van der Waals surface area contributed by atoms with Gasteiger partial charge in [0.1, 0.15) is 0 Å². The van der Waals surface area contributed by atoms with Crippen molar-refractivity contribution < 1.29 is 14.3 Å². The monoisotopic (exact) mass is 263 g/mol. The van der Waals surface area contributed by atoms with E-state index in [2.05, 4.69) is 4.57 Å². The van der Waals surface area contributed by atoms with Gasteiger partial charge >= 0.3 is 5.97 Å². The number of carbonyl (C=O) groups is 2. The Morgan fingerprint density at radius 1 is 1.42 bits per heavy atom. The summed E-state index contributed by atoms with van der Waals surface area (Å²) in [7, 11) is 0. The largest absolute Gasteiger partial charge is 0.466 e. The molecule has 1 aromatic heterocycles. The molecule has 0 fully saturated rings. The topological polar surface area (TPSA) is 48.3 Å². The number of carbonyl (C=O) groups excluding carboxylic acids is 2. The van der Waals surface area contributed by atoms with E-state index in [9.17, 15) is 9.59 Å². The fraction of sp³-hybridized carbons (Fsp3) is 0.600. The molecule has 0 bridgehead atoms. The summed E-state index contributed by atoms with van der Waals surface area (Å²) in [5.74, 6) is 0.116. The van der Waals surface area contributed by atoms with Gasteiger partial charge in [-0.3, -0.25) is 9.59 Å². The Hall–Kier alpha value is -1.58. The van der Waals surface area contributed by atoms with Gasteiger partial charge in [-0.05, 0) is 39.2 Å². The highest BCUT2D eigenvalue weighted by Crippen LogP contribution is 2.25. The predicted octanol–water partition coefficient (Wildman–Crippen LogP) is 2.66. The standard InChI is InChI=1S/C15H21NO3/c1-3-19-15(18)8-5-9-16-11(2)10-12-13(16)6-4-7-14(12)17/h10H,3-9H2,1-2H3. The average molecular weight is 263 g/mol. The summed E-state index contributed by atoms with van der Waals surface area (Å²) in [4.78, 5) is 23.1. The summed E-state index contributed by atoms with van der Waals surface area (Å²) < 4.78 is 7.11. The van der Waals surface area contributed by atoms with E-state index in [1.165, 1.54) is 0 Å². The van der Waals surface area contributed by atoms with Gasteiger partial charge in [0.05, 0.1) is 6.61 Å². The molecule has 1 aliphatic carbocycles. The molecule has 2 rings (SSSR count). The van der Waals surface area contributed by atoms with Crippen molar-refractivity contribution in [2.75, 3.05) is 6.61 Å². The van der Waals surface area contributed by atoms with E-state index in [1.807, 2.05) is 19.9 Å². The van der Waals surface area contributed by atoms with Gasteiger partial charge in [-0.1, -0.05) is 0 Å². The van der Waals surface area contributed by atoms with E-state index in [-0.39, 0.29) is 11.8 Å². The van der Waals surface area contributed by atoms with Crippen LogP contribution in [0.2, 0.25) is 0 Å². The van der Waals surface area contributed by atoms with Crippen molar-refractivity contribution >= 4 is 11.8 Å². The lowest BCUT2D eigenvalue weighted by molar-refractivity contribution is -0.143. The molecule has 0 aliphatic heterocycles. The first-order valence-corrected chi connectivity index (χ1v) is 7.01. The first kappa shape index (κ1) is 13.8. The van der Waals surface area contributed by atoms with Gasteiger partial charge in [0.25, 0.3) is 0 Å². The molecule has 4 nitrogen and oxygen atoms in total. The fourth-order valence-corrected chi connectivity index (χ4v) is 2.72. The predicted molar refractivity (Wildman–Crippen MR) is 72.3 cm³/mol. The van der Waals surface area contributed by atoms with E-state index < -0.39 is 0 Å². The Kier molecular flexibility index (Phi) is 4.40. The zero-order valence-corrected chi connectivity index (χ0v) is 11.7. The first-order valence-electron chi connectivity index (χ1n) is 7.01. The molecule has 1 aromatic rings. The van der Waals surface area contributed by atoms with Crippen LogP contribution in [0, 0.1) is 6.92 Å². The second kappa shape index (κ2) is 6.04. The highest BCUT2D eigenvalue weighted by atomic mass is 16.5. The van der Waals surface area contributed by atoms with Crippen LogP contribution in [0.5, 0.6) is 0 Å². The molecular weight excluding hydrogens is 242 g/mol. The summed E-state index contributed by atoms with van der Waals surface area (Å²) in [5.41, 5.74) is 3.15. The molecule has 0 N–H and O–H groups in total. The third-order valence-corrected chi connectivity index (χ3v) is 3.60. The number of rotatable bonds is 5. The fourth-order valence-electron chi connectivity index (χ4n) is 2.72. The van der Waals surface area contributed by atoms with Crippen LogP contribution in [-0.4, -0.2) is 22.9 Å². The van der Waals surface area contributed by atoms with Crippen molar-refractivity contribution in [3.8, 4) is 0 Å². The number of ketones is 1. The minimum absolute atomic E-state index is 0.141. The molecule has 104 valence electrons. The van der Waals surface area contributed by atoms with Gasteiger partial charge in [0.2, 0.25) is 0 Å². The molecule has 19 heavy (non-hydrogen) atoms. The Balaban J connectivity index is 2.01. The van der Waals surface area contributed by atoms with Crippen molar-refractivity contribution in [3.05, 3.63) is 23.0 Å². The minimum atomic E-state index is -0.141. The van der Waals surface area contributed by atoms with Gasteiger partial charge in [0, 0.05) is 36.3 Å². The third kappa shape index (κ3) is 3.06. The maximum Gasteiger partial charge on any atom is 0.305 e. The van der Waals surface area contributed by atoms with Crippen LogP contribution < -0.4 is 0 Å². The highest BCUT2D eigenvalue weighted by molar-refractivity contribution is 5.98. The molecule has 0 spiro atoms. The summed E-state index contributed by atoms with van der Waals surface area (Å²) in [6.45, 7) is 5.06. The van der Waals surface area contributed by atoms with Crippen molar-refractivity contribution in [1.82, 2.24) is 4.57 Å².